The number of aliphatic hydroxyl groups is 1. The highest BCUT2D eigenvalue weighted by atomic mass is 16.3. The van der Waals surface area contributed by atoms with E-state index in [1.54, 1.807) is 6.20 Å². The summed E-state index contributed by atoms with van der Waals surface area (Å²) >= 11 is 0. The predicted molar refractivity (Wildman–Crippen MR) is 279 cm³/mol. The van der Waals surface area contributed by atoms with Gasteiger partial charge in [-0.3, -0.25) is 29.4 Å². The van der Waals surface area contributed by atoms with Crippen LogP contribution in [-0.4, -0.2) is 139 Å². The van der Waals surface area contributed by atoms with E-state index in [1.807, 2.05) is 18.5 Å². The van der Waals surface area contributed by atoms with Gasteiger partial charge in [-0.05, 0) is 153 Å². The second-order valence-electron chi connectivity index (χ2n) is 23.9. The molecule has 4 aromatic rings. The molecule has 1 aromatic carbocycles. The number of nitrogens with zero attached hydrogens (tertiary/aromatic N) is 9. The summed E-state index contributed by atoms with van der Waals surface area (Å²) in [6.07, 6.45) is 18.5. The number of carbonyl (C=O) groups is 4. The van der Waals surface area contributed by atoms with Gasteiger partial charge in [0.1, 0.15) is 17.6 Å². The number of rotatable bonds is 11. The Morgan fingerprint density at radius 1 is 0.836 bits per heavy atom. The van der Waals surface area contributed by atoms with Gasteiger partial charge in [0.2, 0.25) is 23.6 Å². The summed E-state index contributed by atoms with van der Waals surface area (Å²) in [4.78, 5) is 80.1. The second kappa shape index (κ2) is 18.4. The van der Waals surface area contributed by atoms with Crippen LogP contribution in [0.25, 0.3) is 22.3 Å². The summed E-state index contributed by atoms with van der Waals surface area (Å²) in [5, 5.41) is 18.4. The fraction of sp³-hybridized carbons (Fsp3) is 0.632. The molecule has 9 aliphatic rings. The summed E-state index contributed by atoms with van der Waals surface area (Å²) in [5.41, 5.74) is 6.04. The highest BCUT2D eigenvalue weighted by molar-refractivity contribution is 6.09. The molecule has 0 radical (unpaired) electrons. The van der Waals surface area contributed by atoms with Crippen molar-refractivity contribution in [1.29, 1.82) is 0 Å². The number of carbonyl (C=O) groups excluding carboxylic acids is 4. The fourth-order valence-corrected chi connectivity index (χ4v) is 14.4. The molecule has 2 spiro atoms. The van der Waals surface area contributed by atoms with Crippen molar-refractivity contribution in [2.24, 2.45) is 11.8 Å². The molecule has 8 fully saturated rings. The van der Waals surface area contributed by atoms with Gasteiger partial charge in [0, 0.05) is 98.1 Å². The van der Waals surface area contributed by atoms with Crippen molar-refractivity contribution in [3.63, 3.8) is 0 Å². The van der Waals surface area contributed by atoms with Crippen LogP contribution in [0.2, 0.25) is 0 Å². The number of imide groups is 1. The van der Waals surface area contributed by atoms with Gasteiger partial charge < -0.3 is 34.6 Å². The number of aliphatic hydroxyl groups excluding tert-OH is 1. The van der Waals surface area contributed by atoms with Gasteiger partial charge in [-0.25, -0.2) is 15.0 Å². The van der Waals surface area contributed by atoms with Crippen molar-refractivity contribution >= 4 is 52.0 Å². The van der Waals surface area contributed by atoms with E-state index in [2.05, 4.69) is 77.8 Å². The SMILES string of the molecule is CC(C)n1cnc2cc(-c3ccc4c(c3)N(C3CC(N5CCCCC5)C3)C(=O)C43CCN(C(O)C4CCN(C(=O)C5CCN(c6ccc(C7CCC(=O)NC7=O)cn6)CC5)C5(CC5)C4)CC3)nc(NC3CC3)c21. The van der Waals surface area contributed by atoms with Crippen LogP contribution in [0.4, 0.5) is 17.3 Å². The second-order valence-corrected chi connectivity index (χ2v) is 23.9. The van der Waals surface area contributed by atoms with Crippen LogP contribution in [0.1, 0.15) is 146 Å². The molecule has 9 heterocycles. The molecule has 3 N–H and O–H groups in total. The molecule has 3 aliphatic carbocycles. The minimum Gasteiger partial charge on any atom is -0.378 e. The first-order chi connectivity index (χ1) is 35.4. The number of aromatic nitrogens is 4. The van der Waals surface area contributed by atoms with Crippen molar-refractivity contribution in [2.75, 3.05) is 60.9 Å². The number of amides is 4. The van der Waals surface area contributed by atoms with Crippen molar-refractivity contribution in [2.45, 2.75) is 170 Å². The van der Waals surface area contributed by atoms with Crippen LogP contribution in [-0.2, 0) is 24.6 Å². The normalized spacial score (nSPS) is 27.9. The van der Waals surface area contributed by atoms with Crippen LogP contribution in [0.3, 0.4) is 0 Å². The van der Waals surface area contributed by atoms with E-state index >= 15 is 4.79 Å². The lowest BCUT2D eigenvalue weighted by molar-refractivity contribution is -0.146. The third-order valence-corrected chi connectivity index (χ3v) is 19.1. The minimum atomic E-state index is -0.634. The van der Waals surface area contributed by atoms with Crippen LogP contribution >= 0.6 is 0 Å². The standard InChI is InChI=1S/C57H73N11O5/c1-35(2)66-34-59-46-31-45(61-51(50(46)66)60-40-8-9-40)37-6-11-44-47(28-37)68(42-29-41(30-42)63-21-4-3-5-22-63)55(73)57(44)19-26-65(27-20-57)53(71)38-16-25-67(56(32-38)17-18-56)54(72)36-14-23-64(24-15-36)48-12-7-39(33-58-48)43-10-13-49(69)62-52(43)70/h6-7,11-12,28,31,33-36,38,40-43,53,71H,3-5,8-10,13-27,29-30,32H2,1-2H3,(H,60,61)(H,62,69,70). The Morgan fingerprint density at radius 2 is 1.62 bits per heavy atom. The third-order valence-electron chi connectivity index (χ3n) is 19.1. The van der Waals surface area contributed by atoms with Gasteiger partial charge in [-0.1, -0.05) is 24.6 Å². The molecule has 16 heteroatoms. The molecule has 3 aromatic heterocycles. The lowest BCUT2D eigenvalue weighted by Gasteiger charge is -2.49. The number of hydrogen-bond donors (Lipinski definition) is 3. The average molecular weight is 992 g/mol. The van der Waals surface area contributed by atoms with Gasteiger partial charge in [-0.15, -0.1) is 0 Å². The highest BCUT2D eigenvalue weighted by Gasteiger charge is 2.58. The van der Waals surface area contributed by atoms with Crippen LogP contribution in [0.5, 0.6) is 0 Å². The zero-order valence-corrected chi connectivity index (χ0v) is 42.8. The van der Waals surface area contributed by atoms with E-state index in [1.165, 1.54) is 19.3 Å². The van der Waals surface area contributed by atoms with Gasteiger partial charge in [0.15, 0.2) is 5.82 Å². The van der Waals surface area contributed by atoms with E-state index in [9.17, 15) is 19.5 Å². The largest absolute Gasteiger partial charge is 0.378 e. The van der Waals surface area contributed by atoms with Gasteiger partial charge in [0.05, 0.1) is 28.9 Å². The Bertz CT molecular complexity index is 2790. The Hall–Kier alpha value is -5.45. The number of pyridine rings is 2. The molecule has 3 saturated carbocycles. The zero-order valence-electron chi connectivity index (χ0n) is 42.8. The van der Waals surface area contributed by atoms with Crippen molar-refractivity contribution in [3.05, 3.63) is 60.0 Å². The zero-order chi connectivity index (χ0) is 49.8. The van der Waals surface area contributed by atoms with E-state index < -0.39 is 11.6 Å². The first-order valence-corrected chi connectivity index (χ1v) is 28.1. The van der Waals surface area contributed by atoms with Gasteiger partial charge >= 0.3 is 0 Å². The maximum absolute atomic E-state index is 15.3. The Kier molecular flexibility index (Phi) is 11.9. The van der Waals surface area contributed by atoms with Crippen LogP contribution in [0.15, 0.2) is 48.9 Å². The molecule has 6 aliphatic heterocycles. The van der Waals surface area contributed by atoms with E-state index in [0.717, 1.165) is 141 Å². The molecular formula is C57H73N11O5. The van der Waals surface area contributed by atoms with Crippen molar-refractivity contribution in [3.8, 4) is 11.3 Å². The number of imidazole rings is 1. The Balaban J connectivity index is 0.677. The van der Waals surface area contributed by atoms with E-state index in [0.29, 0.717) is 57.4 Å². The van der Waals surface area contributed by atoms with E-state index in [4.69, 9.17) is 15.0 Å². The molecule has 13 rings (SSSR count). The third kappa shape index (κ3) is 8.41. The average Bonchev–Trinajstić information content (AvgIpc) is 4.32. The Labute approximate surface area is 428 Å². The first kappa shape index (κ1) is 47.3. The number of hydrogen-bond acceptors (Lipinski definition) is 12. The molecule has 5 saturated heterocycles. The summed E-state index contributed by atoms with van der Waals surface area (Å²) < 4.78 is 2.21. The van der Waals surface area contributed by atoms with Crippen LogP contribution in [0, 0.1) is 11.8 Å². The Morgan fingerprint density at radius 3 is 2.32 bits per heavy atom. The number of likely N-dealkylation sites (tertiary alicyclic amines) is 3. The van der Waals surface area contributed by atoms with Crippen LogP contribution < -0.4 is 20.4 Å². The summed E-state index contributed by atoms with van der Waals surface area (Å²) in [6, 6.07) is 14.1. The van der Waals surface area contributed by atoms with E-state index in [-0.39, 0.29) is 59.0 Å². The lowest BCUT2D eigenvalue weighted by Crippen LogP contribution is -2.59. The summed E-state index contributed by atoms with van der Waals surface area (Å²) in [6.45, 7) is 10.1. The molecule has 16 nitrogen and oxygen atoms in total. The maximum Gasteiger partial charge on any atom is 0.238 e. The summed E-state index contributed by atoms with van der Waals surface area (Å²) in [5.74, 6) is 1.42. The smallest absolute Gasteiger partial charge is 0.238 e. The van der Waals surface area contributed by atoms with Gasteiger partial charge in [0.25, 0.3) is 0 Å². The molecule has 386 valence electrons. The van der Waals surface area contributed by atoms with Gasteiger partial charge in [-0.2, -0.15) is 0 Å². The minimum absolute atomic E-state index is 0.0365. The molecule has 73 heavy (non-hydrogen) atoms. The topological polar surface area (TPSA) is 172 Å². The fourth-order valence-electron chi connectivity index (χ4n) is 14.4. The van der Waals surface area contributed by atoms with Crippen molar-refractivity contribution < 1.29 is 24.3 Å². The first-order valence-electron chi connectivity index (χ1n) is 28.1. The number of benzene rings is 1. The number of piperidine rings is 5. The van der Waals surface area contributed by atoms with Crippen molar-refractivity contribution in [1.82, 2.24) is 39.5 Å². The quantitative estimate of drug-likeness (QED) is 0.134. The number of fused-ring (bicyclic) bond motifs is 3. The molecule has 4 amide bonds. The highest BCUT2D eigenvalue weighted by Crippen LogP contribution is 2.55. The number of nitrogens with one attached hydrogen (secondary N) is 2. The molecule has 0 bridgehead atoms. The lowest BCUT2D eigenvalue weighted by atomic mass is 9.73. The molecular weight excluding hydrogens is 919 g/mol. The number of anilines is 3. The molecule has 3 atom stereocenters. The summed E-state index contributed by atoms with van der Waals surface area (Å²) in [7, 11) is 0. The maximum atomic E-state index is 15.3. The molecule has 3 unspecified atom stereocenters. The predicted octanol–water partition coefficient (Wildman–Crippen LogP) is 6.87. The monoisotopic (exact) mass is 992 g/mol.